The van der Waals surface area contributed by atoms with Crippen molar-refractivity contribution in [3.8, 4) is 98.0 Å². The highest BCUT2D eigenvalue weighted by Gasteiger charge is 2.45. The fraction of sp³-hybridized carbons (Fsp3) is 0. The third kappa shape index (κ3) is 10.3. The molecule has 0 saturated heterocycles. The van der Waals surface area contributed by atoms with Crippen LogP contribution >= 0.6 is 0 Å². The van der Waals surface area contributed by atoms with E-state index >= 15 is 0 Å². The maximum atomic E-state index is 6.59. The third-order valence-corrected chi connectivity index (χ3v) is 26.4. The molecule has 0 bridgehead atoms. The summed E-state index contributed by atoms with van der Waals surface area (Å²) in [6.07, 6.45) is 14.6. The number of pyridine rings is 4. The van der Waals surface area contributed by atoms with E-state index in [1.54, 1.807) is 24.8 Å². The molecule has 20 heteroatoms. The number of benzene rings is 14. The summed E-state index contributed by atoms with van der Waals surface area (Å²) in [4.78, 5) is 27.9. The summed E-state index contributed by atoms with van der Waals surface area (Å²) < 4.78 is 50.6. The van der Waals surface area contributed by atoms with Crippen LogP contribution in [0.4, 0.5) is 0 Å². The predicted molar refractivity (Wildman–Crippen MR) is 511 cm³/mol. The van der Waals surface area contributed by atoms with Gasteiger partial charge in [-0.2, -0.15) is 9.97 Å². The molecule has 0 radical (unpaired) electrons. The third-order valence-electron chi connectivity index (χ3n) is 26.4. The van der Waals surface area contributed by atoms with Crippen molar-refractivity contribution in [2.75, 3.05) is 0 Å². The molecule has 30 rings (SSSR count). The highest BCUT2D eigenvalue weighted by atomic mass is 16.5. The highest BCUT2D eigenvalue weighted by molar-refractivity contribution is 6.99. The second-order valence-corrected chi connectivity index (χ2v) is 33.1. The Morgan fingerprint density at radius 3 is 0.766 bits per heavy atom. The van der Waals surface area contributed by atoms with Gasteiger partial charge in [-0.05, 0) is 154 Å². The van der Waals surface area contributed by atoms with Gasteiger partial charge in [-0.3, -0.25) is 24.5 Å². The Kier molecular flexibility index (Phi) is 14.9. The molecule has 10 aromatic heterocycles. The molecule has 14 aromatic carbocycles. The van der Waals surface area contributed by atoms with E-state index in [4.69, 9.17) is 38.4 Å². The molecule has 6 aliphatic heterocycles. The van der Waals surface area contributed by atoms with E-state index in [1.165, 1.54) is 65.2 Å². The van der Waals surface area contributed by atoms with Crippen LogP contribution in [0.1, 0.15) is 0 Å². The summed E-state index contributed by atoms with van der Waals surface area (Å²) in [6, 6.07) is 115. The number of aromatic nitrogens is 11. The first-order valence-corrected chi connectivity index (χ1v) is 42.8. The van der Waals surface area contributed by atoms with E-state index in [2.05, 4.69) is 310 Å². The smallest absolute Gasteiger partial charge is 0.265 e. The van der Waals surface area contributed by atoms with Gasteiger partial charge in [-0.15, -0.1) is 0 Å². The molecule has 6 aliphatic rings. The number of fused-ring (bicyclic) bond motifs is 27. The molecular weight excluding hydrogens is 1580 g/mol. The van der Waals surface area contributed by atoms with Gasteiger partial charge >= 0.3 is 0 Å². The molecule has 17 nitrogen and oxygen atoms in total. The van der Waals surface area contributed by atoms with Crippen molar-refractivity contribution in [3.05, 3.63) is 377 Å². The van der Waals surface area contributed by atoms with Crippen LogP contribution in [0.25, 0.3) is 138 Å². The van der Waals surface area contributed by atoms with Crippen molar-refractivity contribution in [1.29, 1.82) is 0 Å². The average Bonchev–Trinajstić information content (AvgIpc) is 1.01. The van der Waals surface area contributed by atoms with Crippen LogP contribution in [0.2, 0.25) is 0 Å². The van der Waals surface area contributed by atoms with Crippen LogP contribution in [-0.4, -0.2) is 72.9 Å². The zero-order valence-electron chi connectivity index (χ0n) is 67.9. The molecular formula is C108H62B3N11O6. The lowest BCUT2D eigenvalue weighted by atomic mass is 9.35. The van der Waals surface area contributed by atoms with E-state index in [1.807, 2.05) is 85.5 Å². The van der Waals surface area contributed by atoms with E-state index in [0.29, 0.717) is 17.7 Å². The van der Waals surface area contributed by atoms with Gasteiger partial charge in [-0.25, -0.2) is 0 Å². The standard InChI is InChI=1S/2C40H23BN4O2.C28H16BN3O2/c1-6-16-31-25(11-1)26-12-2-7-17-32(26)44(31)24-21-22-34-28(23-24)27-13-3-8-18-33(27)45(34)40-42-38-37-39(43-40)47-36-20-10-5-15-30(36)41(37)29-14-4-9-19-35(29)46-38;1-4-10-32-26(7-1)27-8-2-5-11-33(27)44(32)24-13-14-35-29(19-24)28-9-3-6-12-34(28)45(35)25-20-38-40-39(21-25)47-37-16-18-43-23-31(37)41(40)30-22-42-17-15-36(30)46-38;1-3-7-22-18(5-1)19-6-2-4-8-23(19)32(22)17-13-26-28-27(14-17)34-25-10-12-31-16-21(25)29(28)20-15-30-11-9-24(20)33-26/h2*1-23H;1-16H. The van der Waals surface area contributed by atoms with Crippen LogP contribution < -0.4 is 77.6 Å². The Bertz CT molecular complexity index is 8210. The van der Waals surface area contributed by atoms with Crippen molar-refractivity contribution < 1.29 is 28.4 Å². The van der Waals surface area contributed by atoms with Gasteiger partial charge in [0.15, 0.2) is 0 Å². The molecule has 0 saturated carbocycles. The van der Waals surface area contributed by atoms with E-state index in [9.17, 15) is 0 Å². The maximum absolute atomic E-state index is 6.59. The first-order chi connectivity index (χ1) is 63.5. The van der Waals surface area contributed by atoms with Gasteiger partial charge in [0.1, 0.15) is 57.5 Å². The minimum Gasteiger partial charge on any atom is -0.458 e. The summed E-state index contributed by atoms with van der Waals surface area (Å²) in [5.74, 6) is 9.55. The van der Waals surface area contributed by atoms with Crippen LogP contribution in [0.15, 0.2) is 377 Å². The van der Waals surface area contributed by atoms with Gasteiger partial charge < -0.3 is 46.7 Å². The van der Waals surface area contributed by atoms with Gasteiger partial charge in [0.2, 0.25) is 17.7 Å². The first kappa shape index (κ1) is 70.3. The summed E-state index contributed by atoms with van der Waals surface area (Å²) in [5, 5.41) is 12.0. The van der Waals surface area contributed by atoms with Gasteiger partial charge in [0.25, 0.3) is 20.1 Å². The van der Waals surface area contributed by atoms with Crippen molar-refractivity contribution >= 4 is 178 Å². The molecule has 0 atom stereocenters. The van der Waals surface area contributed by atoms with Crippen molar-refractivity contribution in [2.24, 2.45) is 0 Å². The zero-order valence-corrected chi connectivity index (χ0v) is 67.9. The normalized spacial score (nSPS) is 13.0. The molecule has 0 N–H and O–H groups in total. The molecule has 0 amide bonds. The first-order valence-electron chi connectivity index (χ1n) is 42.8. The molecule has 0 fully saturated rings. The lowest BCUT2D eigenvalue weighted by molar-refractivity contribution is 0.437. The fourth-order valence-electron chi connectivity index (χ4n) is 21.1. The lowest BCUT2D eigenvalue weighted by Crippen LogP contribution is -2.58. The van der Waals surface area contributed by atoms with E-state index < -0.39 is 0 Å². The summed E-state index contributed by atoms with van der Waals surface area (Å²) in [5.41, 5.74) is 24.6. The molecule has 128 heavy (non-hydrogen) atoms. The molecule has 594 valence electrons. The molecule has 16 heterocycles. The summed E-state index contributed by atoms with van der Waals surface area (Å²) >= 11 is 0. The van der Waals surface area contributed by atoms with Crippen LogP contribution in [0.3, 0.4) is 0 Å². The number of ether oxygens (including phenoxy) is 6. The molecule has 0 unspecified atom stereocenters. The zero-order chi connectivity index (χ0) is 83.5. The monoisotopic (exact) mass is 1640 g/mol. The van der Waals surface area contributed by atoms with Crippen molar-refractivity contribution in [2.45, 2.75) is 0 Å². The number of hydrogen-bond acceptors (Lipinski definition) is 12. The topological polar surface area (TPSA) is 157 Å². The maximum Gasteiger partial charge on any atom is 0.265 e. The fourth-order valence-corrected chi connectivity index (χ4v) is 21.1. The average molecular weight is 1640 g/mol. The number of rotatable bonds is 5. The van der Waals surface area contributed by atoms with Crippen LogP contribution in [0, 0.1) is 0 Å². The van der Waals surface area contributed by atoms with E-state index in [-0.39, 0.29) is 20.1 Å². The predicted octanol–water partition coefficient (Wildman–Crippen LogP) is 19.1. The Labute approximate surface area is 730 Å². The Morgan fingerprint density at radius 1 is 0.188 bits per heavy atom. The summed E-state index contributed by atoms with van der Waals surface area (Å²) in [7, 11) is 0. The Hall–Kier alpha value is -17.2. The van der Waals surface area contributed by atoms with Gasteiger partial charge in [0, 0.05) is 150 Å². The second kappa shape index (κ2) is 27.1. The second-order valence-electron chi connectivity index (χ2n) is 33.1. The highest BCUT2D eigenvalue weighted by Crippen LogP contribution is 2.46. The van der Waals surface area contributed by atoms with Crippen molar-refractivity contribution in [3.63, 3.8) is 0 Å². The SMILES string of the molecule is c1ccc2c(c1)Oc1nc(-n3c4ccccc4c4cc(-n5c6ccccc6c6ccccc65)ccc43)nc3c1B2c1ccccc1O3.c1ccc2c(c1)c1ccccc1n2-c1cc2c3c(c1)Oc1ccncc1B3c1cnccc1O2.c1ccc2c(c1)c1ccccc1n2-c1ccc2c(c1)c1ccccc1n2-c1cc2c3c(c1)Oc1ccncc1B3c1cnccc1O2. The van der Waals surface area contributed by atoms with Gasteiger partial charge in [0.05, 0.1) is 72.0 Å². The largest absolute Gasteiger partial charge is 0.458 e. The number of nitrogens with zero attached hydrogens (tertiary/aromatic N) is 11. The molecule has 0 aliphatic carbocycles. The molecule has 24 aromatic rings. The summed E-state index contributed by atoms with van der Waals surface area (Å²) in [6.45, 7) is -0.182. The number of hydrogen-bond donors (Lipinski definition) is 0. The number of para-hydroxylation sites is 10. The molecule has 0 spiro atoms. The van der Waals surface area contributed by atoms with Gasteiger partial charge in [-0.1, -0.05) is 182 Å². The Morgan fingerprint density at radius 2 is 0.438 bits per heavy atom. The van der Waals surface area contributed by atoms with Crippen LogP contribution in [0.5, 0.6) is 69.3 Å². The minimum absolute atomic E-state index is 0.0351. The van der Waals surface area contributed by atoms with Crippen molar-refractivity contribution in [1.82, 2.24) is 52.7 Å². The lowest BCUT2D eigenvalue weighted by Gasteiger charge is -2.32. The van der Waals surface area contributed by atoms with E-state index in [0.717, 1.165) is 173 Å². The Balaban J connectivity index is 0.0000000985. The quantitative estimate of drug-likeness (QED) is 0.150. The van der Waals surface area contributed by atoms with Crippen LogP contribution in [-0.2, 0) is 0 Å². The minimum atomic E-state index is -0.0733.